The molecule has 0 spiro atoms. The number of nitrogens with zero attached hydrogens (tertiary/aromatic N) is 1. The maximum atomic E-state index is 5.51. The van der Waals surface area contributed by atoms with Crippen LogP contribution >= 0.6 is 0 Å². The summed E-state index contributed by atoms with van der Waals surface area (Å²) in [5.41, 5.74) is 3.32. The Morgan fingerprint density at radius 1 is 0.741 bits per heavy atom. The topological polar surface area (TPSA) is 40.6 Å². The Labute approximate surface area is 164 Å². The fourth-order valence-corrected chi connectivity index (χ4v) is 4.83. The molecule has 0 N–H and O–H groups in total. The Bertz CT molecular complexity index is 1080. The number of aromatic nitrogens is 1. The fraction of sp³-hybridized carbons (Fsp3) is 0.136. The van der Waals surface area contributed by atoms with Crippen molar-refractivity contribution in [2.24, 2.45) is 0 Å². The third-order valence-electron chi connectivity index (χ3n) is 4.56. The van der Waals surface area contributed by atoms with Gasteiger partial charge in [-0.3, -0.25) is 0 Å². The maximum absolute atomic E-state index is 5.51. The molecule has 0 fully saturated rings. The van der Waals surface area contributed by atoms with Crippen molar-refractivity contribution >= 4 is 25.5 Å². The summed E-state index contributed by atoms with van der Waals surface area (Å²) in [5.74, 6) is 1.88. The van der Waals surface area contributed by atoms with Crippen LogP contribution in [0.5, 0.6) is 17.2 Å². The Kier molecular flexibility index (Phi) is 4.88. The second-order valence-electron chi connectivity index (χ2n) is 6.04. The summed E-state index contributed by atoms with van der Waals surface area (Å²) in [7, 11) is 4.87. The molecule has 5 heteroatoms. The van der Waals surface area contributed by atoms with Gasteiger partial charge in [-0.05, 0) is 0 Å². The number of ether oxygens (including phenoxy) is 3. The number of benzene rings is 3. The van der Waals surface area contributed by atoms with Crippen LogP contribution in [0.2, 0.25) is 0 Å². The molecule has 0 bridgehead atoms. The van der Waals surface area contributed by atoms with Crippen LogP contribution in [0.3, 0.4) is 0 Å². The first-order valence-electron chi connectivity index (χ1n) is 8.49. The van der Waals surface area contributed by atoms with Crippen molar-refractivity contribution in [2.75, 3.05) is 21.3 Å². The molecule has 3 aromatic carbocycles. The zero-order chi connectivity index (χ0) is 18.8. The third kappa shape index (κ3) is 3.20. The predicted octanol–water partition coefficient (Wildman–Crippen LogP) is 4.65. The van der Waals surface area contributed by atoms with Crippen molar-refractivity contribution in [1.29, 1.82) is 0 Å². The van der Waals surface area contributed by atoms with Crippen LogP contribution in [0.15, 0.2) is 60.8 Å². The van der Waals surface area contributed by atoms with Crippen LogP contribution < -0.4 is 14.2 Å². The summed E-state index contributed by atoms with van der Waals surface area (Å²) in [6.45, 7) is 0. The van der Waals surface area contributed by atoms with Gasteiger partial charge >= 0.3 is 164 Å². The van der Waals surface area contributed by atoms with Gasteiger partial charge in [0.25, 0.3) is 0 Å². The minimum atomic E-state index is 0.0399. The van der Waals surface area contributed by atoms with Gasteiger partial charge < -0.3 is 0 Å². The third-order valence-corrected chi connectivity index (χ3v) is 6.34. The zero-order valence-electron chi connectivity index (χ0n) is 15.4. The Morgan fingerprint density at radius 2 is 1.44 bits per heavy atom. The van der Waals surface area contributed by atoms with Gasteiger partial charge in [0.15, 0.2) is 0 Å². The monoisotopic (exact) mass is 425 g/mol. The van der Waals surface area contributed by atoms with E-state index >= 15 is 0 Å². The van der Waals surface area contributed by atoms with Crippen molar-refractivity contribution in [1.82, 2.24) is 3.98 Å². The summed E-state index contributed by atoms with van der Waals surface area (Å²) >= 11 is 0.0399. The fourth-order valence-electron chi connectivity index (χ4n) is 3.22. The van der Waals surface area contributed by atoms with Gasteiger partial charge in [-0.2, -0.15) is 0 Å². The molecule has 0 radical (unpaired) electrons. The van der Waals surface area contributed by atoms with E-state index in [0.29, 0.717) is 17.2 Å². The first-order chi connectivity index (χ1) is 13.2. The first kappa shape index (κ1) is 17.7. The quantitative estimate of drug-likeness (QED) is 0.438. The Balaban J connectivity index is 1.86. The van der Waals surface area contributed by atoms with Gasteiger partial charge in [0.2, 0.25) is 0 Å². The molecule has 0 saturated carbocycles. The predicted molar refractivity (Wildman–Crippen MR) is 109 cm³/mol. The number of fused-ring (bicyclic) bond motifs is 1. The Morgan fingerprint density at radius 3 is 2.11 bits per heavy atom. The van der Waals surface area contributed by atoms with E-state index < -0.39 is 0 Å². The molecule has 0 atom stereocenters. The summed E-state index contributed by atoms with van der Waals surface area (Å²) in [4.78, 5) is 0. The van der Waals surface area contributed by atoms with Crippen LogP contribution in [0.25, 0.3) is 31.9 Å². The Hall–Kier alpha value is -2.75. The van der Waals surface area contributed by atoms with Crippen molar-refractivity contribution in [3.8, 4) is 38.4 Å². The molecule has 0 aliphatic heterocycles. The van der Waals surface area contributed by atoms with Crippen molar-refractivity contribution in [2.45, 2.75) is 0 Å². The van der Waals surface area contributed by atoms with E-state index in [1.54, 1.807) is 21.3 Å². The van der Waals surface area contributed by atoms with Gasteiger partial charge in [-0.25, -0.2) is 0 Å². The molecule has 4 aromatic rings. The molecule has 0 amide bonds. The van der Waals surface area contributed by atoms with E-state index in [1.807, 2.05) is 18.3 Å². The van der Waals surface area contributed by atoms with E-state index in [0.717, 1.165) is 11.1 Å². The molecule has 0 aliphatic rings. The first-order valence-corrected chi connectivity index (χ1v) is 10.1. The second kappa shape index (κ2) is 7.47. The minimum absolute atomic E-state index is 0.0399. The van der Waals surface area contributed by atoms with Gasteiger partial charge in [-0.1, -0.05) is 0 Å². The molecule has 1 aromatic heterocycles. The van der Waals surface area contributed by atoms with Gasteiger partial charge in [0, 0.05) is 0 Å². The molecule has 0 saturated heterocycles. The van der Waals surface area contributed by atoms with Crippen LogP contribution in [0, 0.1) is 0 Å². The second-order valence-corrected chi connectivity index (χ2v) is 7.73. The summed E-state index contributed by atoms with van der Waals surface area (Å²) in [6.07, 6.45) is 1.95. The van der Waals surface area contributed by atoms with Gasteiger partial charge in [-0.15, -0.1) is 0 Å². The molecule has 1 heterocycles. The van der Waals surface area contributed by atoms with Crippen LogP contribution in [-0.2, 0) is 0 Å². The van der Waals surface area contributed by atoms with Crippen LogP contribution in [0.1, 0.15) is 0 Å². The number of methoxy groups -OCH3 is 3. The summed E-state index contributed by atoms with van der Waals surface area (Å²) in [5, 5.41) is 2.47. The number of hydrogen-bond donors (Lipinski definition) is 0. The van der Waals surface area contributed by atoms with E-state index in [2.05, 4.69) is 46.4 Å². The van der Waals surface area contributed by atoms with E-state index in [-0.39, 0.29) is 14.7 Å². The molecule has 136 valence electrons. The van der Waals surface area contributed by atoms with E-state index in [1.165, 1.54) is 20.8 Å². The summed E-state index contributed by atoms with van der Waals surface area (Å²) in [6, 6.07) is 18.9. The van der Waals surface area contributed by atoms with Gasteiger partial charge in [0.1, 0.15) is 0 Å². The number of rotatable bonds is 5. The molecule has 27 heavy (non-hydrogen) atoms. The molecular formula is C22H19NO3Se. The normalized spacial score (nSPS) is 10.8. The average molecular weight is 424 g/mol. The van der Waals surface area contributed by atoms with E-state index in [9.17, 15) is 0 Å². The van der Waals surface area contributed by atoms with Crippen molar-refractivity contribution in [3.05, 3.63) is 60.8 Å². The summed E-state index contributed by atoms with van der Waals surface area (Å²) < 4.78 is 22.3. The van der Waals surface area contributed by atoms with Crippen LogP contribution in [0.4, 0.5) is 0 Å². The molecule has 4 rings (SSSR count). The standard InChI is InChI=1S/C22H19NO3Se/c1-24-19-11-17(12-20(25-2)21(19)26-3)18-13-23-27-22(18)16-9-8-14-6-4-5-7-15(14)10-16/h4-13H,1-3H3. The van der Waals surface area contributed by atoms with Crippen molar-refractivity contribution in [3.63, 3.8) is 0 Å². The molecule has 0 unspecified atom stereocenters. The molecule has 0 aliphatic carbocycles. The van der Waals surface area contributed by atoms with Crippen LogP contribution in [-0.4, -0.2) is 40.0 Å². The zero-order valence-corrected chi connectivity index (χ0v) is 17.1. The average Bonchev–Trinajstić information content (AvgIpc) is 3.22. The molecule has 4 nitrogen and oxygen atoms in total. The van der Waals surface area contributed by atoms with E-state index in [4.69, 9.17) is 14.2 Å². The number of hydrogen-bond acceptors (Lipinski definition) is 4. The van der Waals surface area contributed by atoms with Gasteiger partial charge in [0.05, 0.1) is 0 Å². The van der Waals surface area contributed by atoms with Crippen molar-refractivity contribution < 1.29 is 14.2 Å². The SMILES string of the molecule is COc1cc(-c2cn[se]c2-c2ccc3ccccc3c2)cc(OC)c1OC. The molecular weight excluding hydrogens is 405 g/mol.